The average Bonchev–Trinajstić information content (AvgIpc) is 2.59. The van der Waals surface area contributed by atoms with Crippen LogP contribution >= 0.6 is 0 Å². The lowest BCUT2D eigenvalue weighted by molar-refractivity contribution is -0.115. The summed E-state index contributed by atoms with van der Waals surface area (Å²) in [5, 5.41) is 7.73. The van der Waals surface area contributed by atoms with Crippen LogP contribution in [0.5, 0.6) is 0 Å². The molecule has 0 aromatic heterocycles. The summed E-state index contributed by atoms with van der Waals surface area (Å²) in [5.41, 5.74) is 2.41. The smallest absolute Gasteiger partial charge is 0.251 e. The summed E-state index contributed by atoms with van der Waals surface area (Å²) in [6.45, 7) is 1.74. The third kappa shape index (κ3) is 4.67. The molecule has 0 fully saturated rings. The molecule has 0 saturated heterocycles. The molecule has 0 bridgehead atoms. The minimum absolute atomic E-state index is 0.156. The standard InChI is InChI=1S/C18H19N3O3/c1-12-5-3-6-13(9-12)18(24)20-11-16(22)21-15-8-4-7-14(10-15)17(23)19-2/h3-10H,11H2,1-2H3,(H,19,23)(H,20,24)(H,21,22). The zero-order valence-corrected chi connectivity index (χ0v) is 13.6. The minimum atomic E-state index is -0.370. The van der Waals surface area contributed by atoms with Crippen molar-refractivity contribution in [1.29, 1.82) is 0 Å². The Morgan fingerprint density at radius 1 is 0.917 bits per heavy atom. The van der Waals surface area contributed by atoms with E-state index in [1.807, 2.05) is 13.0 Å². The van der Waals surface area contributed by atoms with Crippen molar-refractivity contribution in [2.45, 2.75) is 6.92 Å². The number of carbonyl (C=O) groups is 3. The van der Waals surface area contributed by atoms with Crippen molar-refractivity contribution in [3.05, 3.63) is 65.2 Å². The molecule has 24 heavy (non-hydrogen) atoms. The lowest BCUT2D eigenvalue weighted by Gasteiger charge is -2.08. The third-order valence-electron chi connectivity index (χ3n) is 3.33. The lowest BCUT2D eigenvalue weighted by Crippen LogP contribution is -2.32. The Balaban J connectivity index is 1.92. The van der Waals surface area contributed by atoms with Gasteiger partial charge in [-0.25, -0.2) is 0 Å². The molecule has 0 aliphatic carbocycles. The monoisotopic (exact) mass is 325 g/mol. The quantitative estimate of drug-likeness (QED) is 0.782. The fourth-order valence-corrected chi connectivity index (χ4v) is 2.14. The second kappa shape index (κ2) is 7.92. The average molecular weight is 325 g/mol. The Morgan fingerprint density at radius 3 is 2.25 bits per heavy atom. The molecule has 0 atom stereocenters. The largest absolute Gasteiger partial charge is 0.355 e. The molecule has 2 rings (SSSR count). The van der Waals surface area contributed by atoms with Crippen molar-refractivity contribution in [2.24, 2.45) is 0 Å². The van der Waals surface area contributed by atoms with Crippen molar-refractivity contribution in [3.8, 4) is 0 Å². The van der Waals surface area contributed by atoms with Crippen molar-refractivity contribution >= 4 is 23.4 Å². The van der Waals surface area contributed by atoms with E-state index in [4.69, 9.17) is 0 Å². The highest BCUT2D eigenvalue weighted by Gasteiger charge is 2.09. The number of nitrogens with one attached hydrogen (secondary N) is 3. The van der Waals surface area contributed by atoms with Crippen LogP contribution in [0.15, 0.2) is 48.5 Å². The van der Waals surface area contributed by atoms with E-state index in [0.717, 1.165) is 5.56 Å². The van der Waals surface area contributed by atoms with Crippen molar-refractivity contribution in [2.75, 3.05) is 18.9 Å². The van der Waals surface area contributed by atoms with Crippen LogP contribution in [0.25, 0.3) is 0 Å². The topological polar surface area (TPSA) is 87.3 Å². The van der Waals surface area contributed by atoms with Crippen molar-refractivity contribution in [3.63, 3.8) is 0 Å². The molecule has 6 heteroatoms. The van der Waals surface area contributed by atoms with E-state index in [1.54, 1.807) is 42.5 Å². The Morgan fingerprint density at radius 2 is 1.58 bits per heavy atom. The molecule has 0 heterocycles. The maximum absolute atomic E-state index is 12.0. The Bertz CT molecular complexity index is 772. The van der Waals surface area contributed by atoms with E-state index in [9.17, 15) is 14.4 Å². The molecular weight excluding hydrogens is 306 g/mol. The van der Waals surface area contributed by atoms with E-state index in [1.165, 1.54) is 7.05 Å². The first kappa shape index (κ1) is 17.2. The Kier molecular flexibility index (Phi) is 5.68. The zero-order valence-electron chi connectivity index (χ0n) is 13.6. The van der Waals surface area contributed by atoms with Crippen LogP contribution < -0.4 is 16.0 Å². The maximum atomic E-state index is 12.0. The molecular formula is C18H19N3O3. The van der Waals surface area contributed by atoms with Gasteiger partial charge >= 0.3 is 0 Å². The number of rotatable bonds is 5. The van der Waals surface area contributed by atoms with Gasteiger partial charge < -0.3 is 16.0 Å². The van der Waals surface area contributed by atoms with Crippen molar-refractivity contribution in [1.82, 2.24) is 10.6 Å². The van der Waals surface area contributed by atoms with Gasteiger partial charge in [0.15, 0.2) is 0 Å². The fraction of sp³-hybridized carbons (Fsp3) is 0.167. The SMILES string of the molecule is CNC(=O)c1cccc(NC(=O)CNC(=O)c2cccc(C)c2)c1. The van der Waals surface area contributed by atoms with Gasteiger partial charge in [0, 0.05) is 23.9 Å². The number of amides is 3. The second-order valence-corrected chi connectivity index (χ2v) is 5.26. The molecule has 0 aliphatic heterocycles. The molecule has 124 valence electrons. The van der Waals surface area contributed by atoms with E-state index in [-0.39, 0.29) is 24.3 Å². The molecule has 2 aromatic rings. The summed E-state index contributed by atoms with van der Waals surface area (Å²) in [7, 11) is 1.54. The predicted octanol–water partition coefficient (Wildman–Crippen LogP) is 1.72. The van der Waals surface area contributed by atoms with E-state index in [2.05, 4.69) is 16.0 Å². The molecule has 2 aromatic carbocycles. The van der Waals surface area contributed by atoms with Crippen LogP contribution in [0.2, 0.25) is 0 Å². The van der Waals surface area contributed by atoms with Gasteiger partial charge in [0.25, 0.3) is 11.8 Å². The van der Waals surface area contributed by atoms with Gasteiger partial charge in [-0.1, -0.05) is 23.8 Å². The molecule has 0 spiro atoms. The first-order valence-corrected chi connectivity index (χ1v) is 7.46. The Labute approximate surface area is 140 Å². The van der Waals surface area contributed by atoms with Crippen LogP contribution in [0.3, 0.4) is 0 Å². The van der Waals surface area contributed by atoms with E-state index in [0.29, 0.717) is 16.8 Å². The van der Waals surface area contributed by atoms with E-state index < -0.39 is 0 Å². The summed E-state index contributed by atoms with van der Waals surface area (Å²) >= 11 is 0. The van der Waals surface area contributed by atoms with Crippen LogP contribution in [0, 0.1) is 6.92 Å². The van der Waals surface area contributed by atoms with Gasteiger partial charge in [-0.2, -0.15) is 0 Å². The summed E-state index contributed by atoms with van der Waals surface area (Å²) in [6, 6.07) is 13.7. The minimum Gasteiger partial charge on any atom is -0.355 e. The summed E-state index contributed by atoms with van der Waals surface area (Å²) in [6.07, 6.45) is 0. The highest BCUT2D eigenvalue weighted by Crippen LogP contribution is 2.10. The molecule has 6 nitrogen and oxygen atoms in total. The van der Waals surface area contributed by atoms with E-state index >= 15 is 0 Å². The number of carbonyl (C=O) groups excluding carboxylic acids is 3. The second-order valence-electron chi connectivity index (χ2n) is 5.26. The van der Waals surface area contributed by atoms with Gasteiger partial charge in [-0.05, 0) is 37.3 Å². The molecule has 3 N–H and O–H groups in total. The molecule has 0 unspecified atom stereocenters. The number of benzene rings is 2. The first-order valence-electron chi connectivity index (χ1n) is 7.46. The third-order valence-corrected chi connectivity index (χ3v) is 3.33. The van der Waals surface area contributed by atoms with Crippen LogP contribution in [-0.2, 0) is 4.79 Å². The summed E-state index contributed by atoms with van der Waals surface area (Å²) in [4.78, 5) is 35.5. The van der Waals surface area contributed by atoms with Crippen LogP contribution in [0.1, 0.15) is 26.3 Å². The number of aryl methyl sites for hydroxylation is 1. The van der Waals surface area contributed by atoms with Crippen molar-refractivity contribution < 1.29 is 14.4 Å². The van der Waals surface area contributed by atoms with Gasteiger partial charge in [-0.15, -0.1) is 0 Å². The Hall–Kier alpha value is -3.15. The normalized spacial score (nSPS) is 9.92. The van der Waals surface area contributed by atoms with Gasteiger partial charge in [0.1, 0.15) is 0 Å². The number of hydrogen-bond donors (Lipinski definition) is 3. The van der Waals surface area contributed by atoms with Gasteiger partial charge in [-0.3, -0.25) is 14.4 Å². The first-order chi connectivity index (χ1) is 11.5. The maximum Gasteiger partial charge on any atom is 0.251 e. The van der Waals surface area contributed by atoms with Gasteiger partial charge in [0.2, 0.25) is 5.91 Å². The number of anilines is 1. The number of hydrogen-bond acceptors (Lipinski definition) is 3. The van der Waals surface area contributed by atoms with Crippen LogP contribution in [-0.4, -0.2) is 31.3 Å². The molecule has 0 aliphatic rings. The summed E-state index contributed by atoms with van der Waals surface area (Å²) < 4.78 is 0. The van der Waals surface area contributed by atoms with Gasteiger partial charge in [0.05, 0.1) is 6.54 Å². The van der Waals surface area contributed by atoms with Crippen LogP contribution in [0.4, 0.5) is 5.69 Å². The molecule has 0 radical (unpaired) electrons. The fourth-order valence-electron chi connectivity index (χ4n) is 2.14. The highest BCUT2D eigenvalue weighted by molar-refractivity contribution is 6.00. The highest BCUT2D eigenvalue weighted by atomic mass is 16.2. The predicted molar refractivity (Wildman–Crippen MR) is 92.0 cm³/mol. The summed E-state index contributed by atoms with van der Waals surface area (Å²) in [5.74, 6) is -0.920. The lowest BCUT2D eigenvalue weighted by atomic mass is 10.1. The molecule has 0 saturated carbocycles. The molecule has 3 amide bonds. The zero-order chi connectivity index (χ0) is 17.5.